The lowest BCUT2D eigenvalue weighted by molar-refractivity contribution is -0.120. The van der Waals surface area contributed by atoms with Gasteiger partial charge < -0.3 is 14.2 Å². The standard InChI is InChI=1S/C24H25BrO5/c1-23(2)7-14(26)21-18(9-23)30-19-10-24(3,4)8-15(27)22(19)20(21)12-5-16-17(6-13(12)25)29-11-28-16/h5-6,20H,7-11H2,1-4H3. The minimum absolute atomic E-state index is 0.0556. The number of hydrogen-bond donors (Lipinski definition) is 0. The Labute approximate surface area is 184 Å². The smallest absolute Gasteiger partial charge is 0.231 e. The van der Waals surface area contributed by atoms with Crippen LogP contribution in [0, 0.1) is 10.8 Å². The summed E-state index contributed by atoms with van der Waals surface area (Å²) >= 11 is 3.66. The normalized spacial score (nSPS) is 24.6. The average Bonchev–Trinajstić information content (AvgIpc) is 3.04. The van der Waals surface area contributed by atoms with E-state index in [1.807, 2.05) is 12.1 Å². The number of ether oxygens (including phenoxy) is 3. The Balaban J connectivity index is 1.73. The summed E-state index contributed by atoms with van der Waals surface area (Å²) in [5, 5.41) is 0. The number of hydrogen-bond acceptors (Lipinski definition) is 5. The van der Waals surface area contributed by atoms with E-state index in [4.69, 9.17) is 14.2 Å². The van der Waals surface area contributed by atoms with E-state index in [9.17, 15) is 9.59 Å². The second-order valence-corrected chi connectivity index (χ2v) is 11.2. The fourth-order valence-electron chi connectivity index (χ4n) is 5.14. The topological polar surface area (TPSA) is 61.8 Å². The third-order valence-electron chi connectivity index (χ3n) is 6.38. The molecule has 1 aromatic rings. The van der Waals surface area contributed by atoms with Gasteiger partial charge in [-0.05, 0) is 28.5 Å². The van der Waals surface area contributed by atoms with Crippen molar-refractivity contribution in [2.45, 2.75) is 59.3 Å². The number of fused-ring (bicyclic) bond motifs is 1. The molecule has 158 valence electrons. The molecular weight excluding hydrogens is 448 g/mol. The lowest BCUT2D eigenvalue weighted by Crippen LogP contribution is -2.37. The van der Waals surface area contributed by atoms with Crippen LogP contribution in [0.1, 0.15) is 64.9 Å². The van der Waals surface area contributed by atoms with Gasteiger partial charge in [-0.3, -0.25) is 9.59 Å². The van der Waals surface area contributed by atoms with E-state index in [1.165, 1.54) is 0 Å². The molecule has 2 aliphatic heterocycles. The lowest BCUT2D eigenvalue weighted by Gasteiger charge is -2.42. The van der Waals surface area contributed by atoms with Gasteiger partial charge in [-0.15, -0.1) is 0 Å². The van der Waals surface area contributed by atoms with Crippen LogP contribution in [0.5, 0.6) is 11.5 Å². The van der Waals surface area contributed by atoms with Gasteiger partial charge in [-0.2, -0.15) is 0 Å². The van der Waals surface area contributed by atoms with E-state index in [1.54, 1.807) is 0 Å². The summed E-state index contributed by atoms with van der Waals surface area (Å²) in [6.07, 6.45) is 2.24. The number of carbonyl (C=O) groups is 2. The third kappa shape index (κ3) is 3.11. The molecular formula is C24H25BrO5. The molecule has 0 saturated heterocycles. The third-order valence-corrected chi connectivity index (χ3v) is 7.07. The number of allylic oxidation sites excluding steroid dienone is 4. The quantitative estimate of drug-likeness (QED) is 0.533. The molecule has 2 heterocycles. The predicted molar refractivity (Wildman–Crippen MR) is 114 cm³/mol. The number of Topliss-reactive ketones (excluding diaryl/α,β-unsaturated/α-hetero) is 2. The predicted octanol–water partition coefficient (Wildman–Crippen LogP) is 5.58. The average molecular weight is 473 g/mol. The molecule has 6 heteroatoms. The van der Waals surface area contributed by atoms with Gasteiger partial charge in [0.1, 0.15) is 11.5 Å². The maximum absolute atomic E-state index is 13.3. The van der Waals surface area contributed by atoms with E-state index in [0.717, 1.165) is 21.6 Å². The zero-order chi connectivity index (χ0) is 21.4. The van der Waals surface area contributed by atoms with Gasteiger partial charge in [0.15, 0.2) is 23.1 Å². The van der Waals surface area contributed by atoms with Gasteiger partial charge in [-0.25, -0.2) is 0 Å². The Hall–Kier alpha value is -2.08. The Morgan fingerprint density at radius 2 is 1.33 bits per heavy atom. The van der Waals surface area contributed by atoms with Crippen molar-refractivity contribution in [2.24, 2.45) is 10.8 Å². The highest BCUT2D eigenvalue weighted by Gasteiger charge is 2.48. The summed E-state index contributed by atoms with van der Waals surface area (Å²) in [6, 6.07) is 3.76. The molecule has 0 fully saturated rings. The minimum atomic E-state index is -0.445. The monoisotopic (exact) mass is 472 g/mol. The molecule has 0 amide bonds. The number of benzene rings is 1. The molecule has 30 heavy (non-hydrogen) atoms. The van der Waals surface area contributed by atoms with Crippen LogP contribution in [0.2, 0.25) is 0 Å². The highest BCUT2D eigenvalue weighted by atomic mass is 79.9. The lowest BCUT2D eigenvalue weighted by atomic mass is 9.65. The van der Waals surface area contributed by atoms with Crippen molar-refractivity contribution in [3.05, 3.63) is 44.8 Å². The first kappa shape index (κ1) is 19.9. The second kappa shape index (κ2) is 6.46. The van der Waals surface area contributed by atoms with Crippen molar-refractivity contribution in [1.82, 2.24) is 0 Å². The van der Waals surface area contributed by atoms with E-state index < -0.39 is 5.92 Å². The van der Waals surface area contributed by atoms with Crippen molar-refractivity contribution < 1.29 is 23.8 Å². The van der Waals surface area contributed by atoms with Crippen molar-refractivity contribution in [3.63, 3.8) is 0 Å². The fraction of sp³-hybridized carbons (Fsp3) is 0.500. The van der Waals surface area contributed by atoms with Gasteiger partial charge in [0, 0.05) is 47.2 Å². The number of halogens is 1. The van der Waals surface area contributed by atoms with E-state index in [0.29, 0.717) is 48.3 Å². The zero-order valence-corrected chi connectivity index (χ0v) is 19.3. The molecule has 5 nitrogen and oxygen atoms in total. The molecule has 2 aliphatic carbocycles. The Kier molecular flexibility index (Phi) is 4.27. The van der Waals surface area contributed by atoms with Crippen molar-refractivity contribution in [2.75, 3.05) is 6.79 Å². The van der Waals surface area contributed by atoms with Crippen molar-refractivity contribution >= 4 is 27.5 Å². The van der Waals surface area contributed by atoms with E-state index in [2.05, 4.69) is 43.6 Å². The van der Waals surface area contributed by atoms with Crippen LogP contribution in [-0.2, 0) is 14.3 Å². The minimum Gasteiger partial charge on any atom is -0.465 e. The number of carbonyl (C=O) groups excluding carboxylic acids is 2. The zero-order valence-electron chi connectivity index (χ0n) is 17.7. The first-order valence-corrected chi connectivity index (χ1v) is 11.1. The maximum Gasteiger partial charge on any atom is 0.231 e. The molecule has 0 N–H and O–H groups in total. The van der Waals surface area contributed by atoms with Crippen molar-refractivity contribution in [1.29, 1.82) is 0 Å². The molecule has 0 aromatic heterocycles. The van der Waals surface area contributed by atoms with E-state index >= 15 is 0 Å². The van der Waals surface area contributed by atoms with Crippen LogP contribution in [-0.4, -0.2) is 18.4 Å². The molecule has 5 rings (SSSR count). The molecule has 0 atom stereocenters. The van der Waals surface area contributed by atoms with Crippen LogP contribution in [0.4, 0.5) is 0 Å². The summed E-state index contributed by atoms with van der Waals surface area (Å²) in [6.45, 7) is 8.51. The summed E-state index contributed by atoms with van der Waals surface area (Å²) < 4.78 is 18.2. The molecule has 0 spiro atoms. The van der Waals surface area contributed by atoms with Gasteiger partial charge in [0.2, 0.25) is 6.79 Å². The number of rotatable bonds is 1. The molecule has 0 saturated carbocycles. The Morgan fingerprint density at radius 3 is 1.87 bits per heavy atom. The number of ketones is 2. The van der Waals surface area contributed by atoms with Gasteiger partial charge in [-0.1, -0.05) is 43.6 Å². The highest BCUT2D eigenvalue weighted by molar-refractivity contribution is 9.10. The Bertz CT molecular complexity index is 1010. The summed E-state index contributed by atoms with van der Waals surface area (Å²) in [7, 11) is 0. The summed E-state index contributed by atoms with van der Waals surface area (Å²) in [4.78, 5) is 26.7. The fourth-order valence-corrected chi connectivity index (χ4v) is 5.69. The van der Waals surface area contributed by atoms with Gasteiger partial charge in [0.05, 0.1) is 0 Å². The second-order valence-electron chi connectivity index (χ2n) is 10.3. The van der Waals surface area contributed by atoms with Crippen LogP contribution < -0.4 is 9.47 Å². The van der Waals surface area contributed by atoms with Gasteiger partial charge >= 0.3 is 0 Å². The van der Waals surface area contributed by atoms with Crippen molar-refractivity contribution in [3.8, 4) is 11.5 Å². The Morgan fingerprint density at radius 1 is 0.833 bits per heavy atom. The highest BCUT2D eigenvalue weighted by Crippen LogP contribution is 2.55. The molecule has 0 bridgehead atoms. The van der Waals surface area contributed by atoms with Crippen LogP contribution in [0.25, 0.3) is 0 Å². The largest absolute Gasteiger partial charge is 0.465 e. The first-order chi connectivity index (χ1) is 14.0. The van der Waals surface area contributed by atoms with Crippen LogP contribution in [0.3, 0.4) is 0 Å². The SMILES string of the molecule is CC1(C)CC(=O)C2=C(C1)OC1=C(C(=O)CC(C)(C)C1)C2c1cc2c(cc1Br)OCO2. The molecule has 0 unspecified atom stereocenters. The van der Waals surface area contributed by atoms with Crippen LogP contribution >= 0.6 is 15.9 Å². The summed E-state index contributed by atoms with van der Waals surface area (Å²) in [5.74, 6) is 2.40. The first-order valence-electron chi connectivity index (χ1n) is 10.3. The van der Waals surface area contributed by atoms with Crippen LogP contribution in [0.15, 0.2) is 39.3 Å². The molecule has 4 aliphatic rings. The maximum atomic E-state index is 13.3. The van der Waals surface area contributed by atoms with E-state index in [-0.39, 0.29) is 29.2 Å². The van der Waals surface area contributed by atoms with Gasteiger partial charge in [0.25, 0.3) is 0 Å². The molecule has 0 radical (unpaired) electrons. The molecule has 1 aromatic carbocycles. The summed E-state index contributed by atoms with van der Waals surface area (Å²) in [5.41, 5.74) is 1.77.